The summed E-state index contributed by atoms with van der Waals surface area (Å²) in [6.45, 7) is 0. The highest BCUT2D eigenvalue weighted by atomic mass is 16.2. The Kier molecular flexibility index (Phi) is 3.44. The fraction of sp³-hybridized carbons (Fsp3) is 0.308. The van der Waals surface area contributed by atoms with Crippen molar-refractivity contribution in [1.82, 2.24) is 9.99 Å². The van der Waals surface area contributed by atoms with Crippen molar-refractivity contribution >= 4 is 16.8 Å². The molecule has 0 radical (unpaired) electrons. The maximum atomic E-state index is 11.0. The van der Waals surface area contributed by atoms with Crippen molar-refractivity contribution in [2.45, 2.75) is 19.3 Å². The number of benzene rings is 1. The van der Waals surface area contributed by atoms with E-state index in [0.29, 0.717) is 6.42 Å². The zero-order chi connectivity index (χ0) is 12.3. The van der Waals surface area contributed by atoms with Crippen molar-refractivity contribution in [3.05, 3.63) is 36.0 Å². The van der Waals surface area contributed by atoms with Crippen LogP contribution in [-0.2, 0) is 18.3 Å². The molecule has 0 aliphatic carbocycles. The van der Waals surface area contributed by atoms with Crippen LogP contribution in [0.3, 0.4) is 0 Å². The maximum absolute atomic E-state index is 11.0. The summed E-state index contributed by atoms with van der Waals surface area (Å²) in [5.74, 6) is 4.94. The molecule has 2 rings (SSSR count). The molecule has 0 bridgehead atoms. The van der Waals surface area contributed by atoms with E-state index in [-0.39, 0.29) is 5.91 Å². The lowest BCUT2D eigenvalue weighted by Crippen LogP contribution is -2.29. The van der Waals surface area contributed by atoms with Gasteiger partial charge in [-0.3, -0.25) is 10.2 Å². The summed E-state index contributed by atoms with van der Waals surface area (Å²) in [6.07, 6.45) is 4.32. The van der Waals surface area contributed by atoms with Crippen LogP contribution in [0.2, 0.25) is 0 Å². The number of carbonyl (C=O) groups is 1. The number of nitrogens with one attached hydrogen (secondary N) is 1. The largest absolute Gasteiger partial charge is 0.350 e. The first-order valence-corrected chi connectivity index (χ1v) is 5.74. The SMILES string of the molecule is Cn1cc(CCCC(=O)NN)c2ccccc21. The van der Waals surface area contributed by atoms with Gasteiger partial charge in [-0.25, -0.2) is 5.84 Å². The second-order valence-corrected chi connectivity index (χ2v) is 4.20. The summed E-state index contributed by atoms with van der Waals surface area (Å²) in [5, 5.41) is 1.27. The fourth-order valence-electron chi connectivity index (χ4n) is 2.14. The zero-order valence-electron chi connectivity index (χ0n) is 9.94. The lowest BCUT2D eigenvalue weighted by molar-refractivity contribution is -0.121. The summed E-state index contributed by atoms with van der Waals surface area (Å²) < 4.78 is 2.12. The van der Waals surface area contributed by atoms with Gasteiger partial charge in [0.25, 0.3) is 0 Å². The number of hydrazine groups is 1. The number of hydrogen-bond donors (Lipinski definition) is 2. The van der Waals surface area contributed by atoms with Crippen LogP contribution in [0.25, 0.3) is 10.9 Å². The van der Waals surface area contributed by atoms with Crippen LogP contribution >= 0.6 is 0 Å². The zero-order valence-corrected chi connectivity index (χ0v) is 9.94. The van der Waals surface area contributed by atoms with E-state index in [0.717, 1.165) is 12.8 Å². The summed E-state index contributed by atoms with van der Waals surface area (Å²) in [7, 11) is 2.04. The Hall–Kier alpha value is -1.81. The first kappa shape index (κ1) is 11.7. The number of nitrogens with zero attached hydrogens (tertiary/aromatic N) is 1. The molecule has 2 aromatic rings. The van der Waals surface area contributed by atoms with Crippen molar-refractivity contribution in [1.29, 1.82) is 0 Å². The van der Waals surface area contributed by atoms with Gasteiger partial charge in [0.1, 0.15) is 0 Å². The van der Waals surface area contributed by atoms with E-state index in [1.54, 1.807) is 0 Å². The summed E-state index contributed by atoms with van der Waals surface area (Å²) in [6, 6.07) is 8.30. The highest BCUT2D eigenvalue weighted by molar-refractivity contribution is 5.84. The highest BCUT2D eigenvalue weighted by Crippen LogP contribution is 2.21. The first-order chi connectivity index (χ1) is 8.22. The number of nitrogens with two attached hydrogens (primary N) is 1. The third kappa shape index (κ3) is 2.47. The summed E-state index contributed by atoms with van der Waals surface area (Å²) >= 11 is 0. The topological polar surface area (TPSA) is 60.0 Å². The first-order valence-electron chi connectivity index (χ1n) is 5.74. The number of aromatic nitrogens is 1. The van der Waals surface area contributed by atoms with Crippen molar-refractivity contribution in [2.24, 2.45) is 12.9 Å². The van der Waals surface area contributed by atoms with E-state index in [4.69, 9.17) is 5.84 Å². The van der Waals surface area contributed by atoms with E-state index in [2.05, 4.69) is 28.3 Å². The Morgan fingerprint density at radius 1 is 1.41 bits per heavy atom. The molecule has 1 amide bonds. The van der Waals surface area contributed by atoms with Crippen molar-refractivity contribution in [2.75, 3.05) is 0 Å². The second kappa shape index (κ2) is 5.01. The van der Waals surface area contributed by atoms with Gasteiger partial charge in [0.05, 0.1) is 0 Å². The van der Waals surface area contributed by atoms with Gasteiger partial charge in [0, 0.05) is 30.6 Å². The summed E-state index contributed by atoms with van der Waals surface area (Å²) in [4.78, 5) is 11.0. The number of para-hydroxylation sites is 1. The normalized spacial score (nSPS) is 10.7. The molecule has 4 nitrogen and oxygen atoms in total. The highest BCUT2D eigenvalue weighted by Gasteiger charge is 2.06. The number of fused-ring (bicyclic) bond motifs is 1. The molecule has 1 aromatic carbocycles. The van der Waals surface area contributed by atoms with Crippen LogP contribution in [0.15, 0.2) is 30.5 Å². The Balaban J connectivity index is 2.11. The number of rotatable bonds is 4. The third-order valence-corrected chi connectivity index (χ3v) is 2.99. The smallest absolute Gasteiger partial charge is 0.233 e. The molecule has 0 saturated heterocycles. The van der Waals surface area contributed by atoms with Gasteiger partial charge in [-0.05, 0) is 24.5 Å². The van der Waals surface area contributed by atoms with Crippen LogP contribution < -0.4 is 11.3 Å². The molecule has 17 heavy (non-hydrogen) atoms. The minimum absolute atomic E-state index is 0.106. The van der Waals surface area contributed by atoms with Gasteiger partial charge in [0.15, 0.2) is 0 Å². The van der Waals surface area contributed by atoms with Gasteiger partial charge < -0.3 is 4.57 Å². The van der Waals surface area contributed by atoms with Crippen LogP contribution in [-0.4, -0.2) is 10.5 Å². The monoisotopic (exact) mass is 231 g/mol. The molecular formula is C13H17N3O. The van der Waals surface area contributed by atoms with Crippen molar-refractivity contribution in [3.8, 4) is 0 Å². The lowest BCUT2D eigenvalue weighted by atomic mass is 10.1. The molecule has 0 saturated carbocycles. The van der Waals surface area contributed by atoms with E-state index < -0.39 is 0 Å². The van der Waals surface area contributed by atoms with Crippen LogP contribution in [0.4, 0.5) is 0 Å². The number of amides is 1. The predicted molar refractivity (Wildman–Crippen MR) is 68.2 cm³/mol. The lowest BCUT2D eigenvalue weighted by Gasteiger charge is -1.99. The molecule has 0 aliphatic rings. The average Bonchev–Trinajstić information content (AvgIpc) is 2.67. The molecule has 1 aromatic heterocycles. The van der Waals surface area contributed by atoms with Crippen LogP contribution in [0.5, 0.6) is 0 Å². The standard InChI is InChI=1S/C13H17N3O/c1-16-9-10(5-4-8-13(17)15-14)11-6-2-3-7-12(11)16/h2-3,6-7,9H,4-5,8,14H2,1H3,(H,15,17). The van der Waals surface area contributed by atoms with Gasteiger partial charge >= 0.3 is 0 Å². The van der Waals surface area contributed by atoms with Gasteiger partial charge in [0.2, 0.25) is 5.91 Å². The van der Waals surface area contributed by atoms with Crippen molar-refractivity contribution < 1.29 is 4.79 Å². The van der Waals surface area contributed by atoms with E-state index in [9.17, 15) is 4.79 Å². The Bertz CT molecular complexity index is 530. The quantitative estimate of drug-likeness (QED) is 0.476. The van der Waals surface area contributed by atoms with Gasteiger partial charge in [-0.1, -0.05) is 18.2 Å². The molecule has 0 atom stereocenters. The minimum Gasteiger partial charge on any atom is -0.350 e. The molecule has 0 unspecified atom stereocenters. The van der Waals surface area contributed by atoms with E-state index >= 15 is 0 Å². The predicted octanol–water partition coefficient (Wildman–Crippen LogP) is 1.49. The molecular weight excluding hydrogens is 214 g/mol. The van der Waals surface area contributed by atoms with E-state index in [1.807, 2.05) is 19.2 Å². The molecule has 1 heterocycles. The number of aryl methyl sites for hydroxylation is 2. The van der Waals surface area contributed by atoms with Crippen LogP contribution in [0, 0.1) is 0 Å². The van der Waals surface area contributed by atoms with Gasteiger partial charge in [-0.15, -0.1) is 0 Å². The summed E-state index contributed by atoms with van der Waals surface area (Å²) in [5.41, 5.74) is 4.66. The Morgan fingerprint density at radius 2 is 2.18 bits per heavy atom. The van der Waals surface area contributed by atoms with E-state index in [1.165, 1.54) is 16.5 Å². The van der Waals surface area contributed by atoms with Gasteiger partial charge in [-0.2, -0.15) is 0 Å². The number of carbonyl (C=O) groups excluding carboxylic acids is 1. The second-order valence-electron chi connectivity index (χ2n) is 4.20. The molecule has 3 N–H and O–H groups in total. The number of hydrogen-bond acceptors (Lipinski definition) is 2. The Labute approximate surface area is 100 Å². The molecule has 0 aliphatic heterocycles. The van der Waals surface area contributed by atoms with Crippen molar-refractivity contribution in [3.63, 3.8) is 0 Å². The molecule has 4 heteroatoms. The molecule has 0 spiro atoms. The average molecular weight is 231 g/mol. The maximum Gasteiger partial charge on any atom is 0.233 e. The molecule has 90 valence electrons. The fourth-order valence-corrected chi connectivity index (χ4v) is 2.14. The van der Waals surface area contributed by atoms with Crippen LogP contribution in [0.1, 0.15) is 18.4 Å². The Morgan fingerprint density at radius 3 is 2.94 bits per heavy atom. The molecule has 0 fully saturated rings. The third-order valence-electron chi connectivity index (χ3n) is 2.99. The minimum atomic E-state index is -0.106.